The predicted molar refractivity (Wildman–Crippen MR) is 61.0 cm³/mol. The van der Waals surface area contributed by atoms with Crippen molar-refractivity contribution in [2.24, 2.45) is 0 Å². The second-order valence-electron chi connectivity index (χ2n) is 4.46. The van der Waals surface area contributed by atoms with Gasteiger partial charge in [0.25, 0.3) is 0 Å². The zero-order valence-corrected chi connectivity index (χ0v) is 9.91. The molecule has 0 radical (unpaired) electrons. The van der Waals surface area contributed by atoms with Crippen LogP contribution in [0.15, 0.2) is 0 Å². The van der Waals surface area contributed by atoms with Gasteiger partial charge in [0.1, 0.15) is 0 Å². The molecule has 0 aromatic carbocycles. The third-order valence-electron chi connectivity index (χ3n) is 3.12. The van der Waals surface area contributed by atoms with Gasteiger partial charge in [-0.1, -0.05) is 0 Å². The van der Waals surface area contributed by atoms with Crippen LogP contribution >= 0.6 is 0 Å². The first kappa shape index (κ1) is 13.4. The molecule has 0 bridgehead atoms. The van der Waals surface area contributed by atoms with E-state index in [2.05, 4.69) is 5.32 Å². The van der Waals surface area contributed by atoms with Gasteiger partial charge in [-0.25, -0.2) is 0 Å². The molecule has 0 aliphatic carbocycles. The number of carbonyl (C=O) groups excluding carboxylic acids is 1. The molecule has 5 heteroatoms. The van der Waals surface area contributed by atoms with Crippen molar-refractivity contribution in [3.63, 3.8) is 0 Å². The smallest absolute Gasteiger partial charge is 0.242 e. The molecule has 3 N–H and O–H groups in total. The average Bonchev–Trinajstić information content (AvgIpc) is 2.29. The Bertz CT molecular complexity index is 221. The normalized spacial score (nSPS) is 25.4. The van der Waals surface area contributed by atoms with Gasteiger partial charge in [0.2, 0.25) is 5.91 Å². The van der Waals surface area contributed by atoms with E-state index < -0.39 is 5.54 Å². The number of carbonyl (C=O) groups is 1. The molecular formula is C11H22N2O3. The van der Waals surface area contributed by atoms with Crippen LogP contribution in [0.5, 0.6) is 0 Å². The number of rotatable bonds is 5. The monoisotopic (exact) mass is 230 g/mol. The van der Waals surface area contributed by atoms with Crippen molar-refractivity contribution in [2.45, 2.75) is 31.7 Å². The first-order valence-electron chi connectivity index (χ1n) is 5.90. The maximum atomic E-state index is 12.2. The Balaban J connectivity index is 2.63. The van der Waals surface area contributed by atoms with Crippen LogP contribution in [0.1, 0.15) is 26.2 Å². The Morgan fingerprint density at radius 1 is 1.31 bits per heavy atom. The van der Waals surface area contributed by atoms with Crippen LogP contribution in [-0.4, -0.2) is 59.4 Å². The third kappa shape index (κ3) is 3.17. The lowest BCUT2D eigenvalue weighted by Gasteiger charge is -2.37. The van der Waals surface area contributed by atoms with Crippen LogP contribution < -0.4 is 5.32 Å². The number of piperidine rings is 1. The van der Waals surface area contributed by atoms with Crippen LogP contribution in [0, 0.1) is 0 Å². The van der Waals surface area contributed by atoms with Crippen molar-refractivity contribution < 1.29 is 15.0 Å². The maximum Gasteiger partial charge on any atom is 0.242 e. The minimum absolute atomic E-state index is 0.0182. The summed E-state index contributed by atoms with van der Waals surface area (Å²) in [6, 6.07) is 0. The Morgan fingerprint density at radius 3 is 2.38 bits per heavy atom. The van der Waals surface area contributed by atoms with Gasteiger partial charge in [-0.3, -0.25) is 4.79 Å². The third-order valence-corrected chi connectivity index (χ3v) is 3.12. The molecule has 1 saturated heterocycles. The Kier molecular flexibility index (Phi) is 5.18. The van der Waals surface area contributed by atoms with E-state index in [-0.39, 0.29) is 32.2 Å². The first-order valence-corrected chi connectivity index (χ1v) is 5.90. The topological polar surface area (TPSA) is 72.8 Å². The summed E-state index contributed by atoms with van der Waals surface area (Å²) in [7, 11) is 0. The van der Waals surface area contributed by atoms with E-state index in [1.807, 2.05) is 6.92 Å². The molecule has 1 unspecified atom stereocenters. The molecule has 1 aliphatic heterocycles. The zero-order valence-electron chi connectivity index (χ0n) is 9.91. The SMILES string of the molecule is CC1(C(=O)N(CCO)CCO)CCCCN1. The summed E-state index contributed by atoms with van der Waals surface area (Å²) in [6.07, 6.45) is 2.96. The Morgan fingerprint density at radius 2 is 1.94 bits per heavy atom. The second-order valence-corrected chi connectivity index (χ2v) is 4.46. The minimum atomic E-state index is -0.525. The van der Waals surface area contributed by atoms with Crippen molar-refractivity contribution >= 4 is 5.91 Å². The number of amides is 1. The van der Waals surface area contributed by atoms with Crippen LogP contribution in [0.25, 0.3) is 0 Å². The molecule has 16 heavy (non-hydrogen) atoms. The fourth-order valence-electron chi connectivity index (χ4n) is 2.14. The van der Waals surface area contributed by atoms with Gasteiger partial charge in [0.05, 0.1) is 18.8 Å². The molecule has 1 heterocycles. The van der Waals surface area contributed by atoms with Crippen LogP contribution in [0.3, 0.4) is 0 Å². The van der Waals surface area contributed by atoms with Crippen molar-refractivity contribution in [3.05, 3.63) is 0 Å². The number of nitrogens with one attached hydrogen (secondary N) is 1. The summed E-state index contributed by atoms with van der Waals surface area (Å²) in [5.41, 5.74) is -0.525. The molecule has 1 amide bonds. The largest absolute Gasteiger partial charge is 0.395 e. The summed E-state index contributed by atoms with van der Waals surface area (Å²) >= 11 is 0. The Labute approximate surface area is 96.4 Å². The number of nitrogens with zero attached hydrogens (tertiary/aromatic N) is 1. The second kappa shape index (κ2) is 6.18. The first-order chi connectivity index (χ1) is 7.64. The summed E-state index contributed by atoms with van der Waals surface area (Å²) in [6.45, 7) is 3.20. The standard InChI is InChI=1S/C11H22N2O3/c1-11(4-2-3-5-12-11)10(16)13(6-8-14)7-9-15/h12,14-15H,2-9H2,1H3. The fraction of sp³-hybridized carbons (Fsp3) is 0.909. The number of hydrogen-bond acceptors (Lipinski definition) is 4. The molecule has 0 aromatic rings. The van der Waals surface area contributed by atoms with E-state index in [9.17, 15) is 4.79 Å². The predicted octanol–water partition coefficient (Wildman–Crippen LogP) is -0.668. The van der Waals surface area contributed by atoms with Gasteiger partial charge < -0.3 is 20.4 Å². The molecule has 1 aliphatic rings. The summed E-state index contributed by atoms with van der Waals surface area (Å²) in [4.78, 5) is 13.8. The lowest BCUT2D eigenvalue weighted by Crippen LogP contribution is -2.58. The molecular weight excluding hydrogens is 208 g/mol. The number of aliphatic hydroxyl groups excluding tert-OH is 2. The highest BCUT2D eigenvalue weighted by molar-refractivity contribution is 5.86. The lowest BCUT2D eigenvalue weighted by atomic mass is 9.89. The molecule has 5 nitrogen and oxygen atoms in total. The summed E-state index contributed by atoms with van der Waals surface area (Å²) in [5.74, 6) is -0.0182. The highest BCUT2D eigenvalue weighted by Gasteiger charge is 2.36. The summed E-state index contributed by atoms with van der Waals surface area (Å²) < 4.78 is 0. The van der Waals surface area contributed by atoms with Crippen molar-refractivity contribution in [1.82, 2.24) is 10.2 Å². The highest BCUT2D eigenvalue weighted by atomic mass is 16.3. The van der Waals surface area contributed by atoms with Gasteiger partial charge in [0.15, 0.2) is 0 Å². The zero-order chi connectivity index (χ0) is 12.0. The van der Waals surface area contributed by atoms with Gasteiger partial charge in [-0.15, -0.1) is 0 Å². The fourth-order valence-corrected chi connectivity index (χ4v) is 2.14. The molecule has 1 fully saturated rings. The average molecular weight is 230 g/mol. The molecule has 1 rings (SSSR count). The molecule has 0 spiro atoms. The lowest BCUT2D eigenvalue weighted by molar-refractivity contribution is -0.139. The molecule has 94 valence electrons. The Hall–Kier alpha value is -0.650. The number of hydrogen-bond donors (Lipinski definition) is 3. The van der Waals surface area contributed by atoms with E-state index in [1.165, 1.54) is 4.90 Å². The number of aliphatic hydroxyl groups is 2. The van der Waals surface area contributed by atoms with Crippen molar-refractivity contribution in [1.29, 1.82) is 0 Å². The summed E-state index contributed by atoms with van der Waals surface area (Å²) in [5, 5.41) is 21.0. The molecule has 0 aromatic heterocycles. The van der Waals surface area contributed by atoms with Crippen molar-refractivity contribution in [3.8, 4) is 0 Å². The van der Waals surface area contributed by atoms with Gasteiger partial charge in [-0.05, 0) is 32.7 Å². The van der Waals surface area contributed by atoms with Crippen LogP contribution in [0.2, 0.25) is 0 Å². The van der Waals surface area contributed by atoms with Gasteiger partial charge in [0, 0.05) is 13.1 Å². The van der Waals surface area contributed by atoms with Gasteiger partial charge in [-0.2, -0.15) is 0 Å². The maximum absolute atomic E-state index is 12.2. The van der Waals surface area contributed by atoms with E-state index in [0.29, 0.717) is 0 Å². The van der Waals surface area contributed by atoms with E-state index in [4.69, 9.17) is 10.2 Å². The van der Waals surface area contributed by atoms with Crippen molar-refractivity contribution in [2.75, 3.05) is 32.8 Å². The molecule has 0 saturated carbocycles. The highest BCUT2D eigenvalue weighted by Crippen LogP contribution is 2.21. The van der Waals surface area contributed by atoms with E-state index >= 15 is 0 Å². The minimum Gasteiger partial charge on any atom is -0.395 e. The van der Waals surface area contributed by atoms with Crippen LogP contribution in [-0.2, 0) is 4.79 Å². The van der Waals surface area contributed by atoms with E-state index in [0.717, 1.165) is 25.8 Å². The van der Waals surface area contributed by atoms with E-state index in [1.54, 1.807) is 0 Å². The quantitative estimate of drug-likeness (QED) is 0.586. The van der Waals surface area contributed by atoms with Crippen LogP contribution in [0.4, 0.5) is 0 Å². The molecule has 1 atom stereocenters. The van der Waals surface area contributed by atoms with Gasteiger partial charge >= 0.3 is 0 Å².